The van der Waals surface area contributed by atoms with Gasteiger partial charge in [-0.3, -0.25) is 4.99 Å². The fraction of sp³-hybridized carbons (Fsp3) is 0.381. The van der Waals surface area contributed by atoms with Crippen LogP contribution in [0.5, 0.6) is 11.5 Å². The molecular weight excluding hydrogens is 326 g/mol. The van der Waals surface area contributed by atoms with Crippen molar-refractivity contribution in [2.75, 3.05) is 26.1 Å². The Morgan fingerprint density at radius 2 is 1.62 bits per heavy atom. The SMILES string of the molecule is COc1ccc(C(C)(C)CN=C(N)Nc2cc(C)cc(C)c2)cc1OC. The van der Waals surface area contributed by atoms with Crippen molar-refractivity contribution in [3.8, 4) is 11.5 Å². The predicted octanol–water partition coefficient (Wildman–Crippen LogP) is 4.03. The van der Waals surface area contributed by atoms with Gasteiger partial charge in [-0.1, -0.05) is 26.0 Å². The third-order valence-corrected chi connectivity index (χ3v) is 4.30. The molecule has 0 radical (unpaired) electrons. The van der Waals surface area contributed by atoms with E-state index in [9.17, 15) is 0 Å². The molecule has 140 valence electrons. The molecule has 0 unspecified atom stereocenters. The van der Waals surface area contributed by atoms with E-state index >= 15 is 0 Å². The molecule has 0 bridgehead atoms. The number of nitrogens with zero attached hydrogens (tertiary/aromatic N) is 1. The Bertz CT molecular complexity index is 778. The van der Waals surface area contributed by atoms with Gasteiger partial charge in [-0.25, -0.2) is 0 Å². The highest BCUT2D eigenvalue weighted by Crippen LogP contribution is 2.33. The number of nitrogens with two attached hydrogens (primary N) is 1. The molecule has 5 nitrogen and oxygen atoms in total. The second-order valence-corrected chi connectivity index (χ2v) is 7.16. The van der Waals surface area contributed by atoms with Gasteiger partial charge in [-0.05, 0) is 54.8 Å². The van der Waals surface area contributed by atoms with Gasteiger partial charge in [0.25, 0.3) is 0 Å². The smallest absolute Gasteiger partial charge is 0.193 e. The van der Waals surface area contributed by atoms with E-state index in [1.807, 2.05) is 18.2 Å². The average Bonchev–Trinajstić information content (AvgIpc) is 2.58. The molecule has 0 amide bonds. The fourth-order valence-corrected chi connectivity index (χ4v) is 2.87. The standard InChI is InChI=1S/C21H29N3O2/c1-14-9-15(2)11-17(10-14)24-20(22)23-13-21(3,4)16-7-8-18(25-5)19(12-16)26-6/h7-12H,13H2,1-6H3,(H3,22,23,24). The van der Waals surface area contributed by atoms with Crippen LogP contribution in [0.15, 0.2) is 41.4 Å². The number of ether oxygens (including phenoxy) is 2. The van der Waals surface area contributed by atoms with Gasteiger partial charge in [0.15, 0.2) is 17.5 Å². The van der Waals surface area contributed by atoms with Crippen molar-refractivity contribution in [1.29, 1.82) is 0 Å². The molecule has 0 aromatic heterocycles. The fourth-order valence-electron chi connectivity index (χ4n) is 2.87. The minimum Gasteiger partial charge on any atom is -0.493 e. The molecule has 0 aliphatic heterocycles. The van der Waals surface area contributed by atoms with E-state index in [0.717, 1.165) is 11.3 Å². The van der Waals surface area contributed by atoms with Crippen LogP contribution in [0.1, 0.15) is 30.5 Å². The summed E-state index contributed by atoms with van der Waals surface area (Å²) < 4.78 is 10.7. The number of aryl methyl sites for hydroxylation is 2. The van der Waals surface area contributed by atoms with Crippen LogP contribution in [0.3, 0.4) is 0 Å². The Labute approximate surface area is 156 Å². The van der Waals surface area contributed by atoms with Crippen LogP contribution in [0.4, 0.5) is 5.69 Å². The molecule has 3 N–H and O–H groups in total. The summed E-state index contributed by atoms with van der Waals surface area (Å²) in [5, 5.41) is 3.17. The summed E-state index contributed by atoms with van der Waals surface area (Å²) >= 11 is 0. The molecule has 2 rings (SSSR count). The first-order chi connectivity index (χ1) is 12.2. The Kier molecular flexibility index (Phi) is 6.14. The number of aliphatic imine (C=N–C) groups is 1. The van der Waals surface area contributed by atoms with E-state index in [2.05, 4.69) is 56.2 Å². The van der Waals surface area contributed by atoms with Gasteiger partial charge in [0.1, 0.15) is 0 Å². The minimum absolute atomic E-state index is 0.200. The monoisotopic (exact) mass is 355 g/mol. The minimum atomic E-state index is -0.200. The van der Waals surface area contributed by atoms with E-state index in [0.29, 0.717) is 24.0 Å². The van der Waals surface area contributed by atoms with Crippen LogP contribution in [-0.2, 0) is 5.41 Å². The van der Waals surface area contributed by atoms with E-state index in [-0.39, 0.29) is 5.41 Å². The van der Waals surface area contributed by atoms with Gasteiger partial charge < -0.3 is 20.5 Å². The van der Waals surface area contributed by atoms with E-state index < -0.39 is 0 Å². The molecule has 0 atom stereocenters. The maximum absolute atomic E-state index is 6.09. The zero-order valence-corrected chi connectivity index (χ0v) is 16.5. The van der Waals surface area contributed by atoms with Crippen molar-refractivity contribution in [3.63, 3.8) is 0 Å². The number of hydrogen-bond donors (Lipinski definition) is 2. The Hall–Kier alpha value is -2.69. The third-order valence-electron chi connectivity index (χ3n) is 4.30. The molecule has 0 fully saturated rings. The summed E-state index contributed by atoms with van der Waals surface area (Å²) in [7, 11) is 3.27. The molecule has 2 aromatic carbocycles. The quantitative estimate of drug-likeness (QED) is 0.606. The molecule has 0 aliphatic carbocycles. The van der Waals surface area contributed by atoms with Gasteiger partial charge >= 0.3 is 0 Å². The Morgan fingerprint density at radius 1 is 1.00 bits per heavy atom. The molecule has 0 saturated heterocycles. The van der Waals surface area contributed by atoms with Crippen LogP contribution < -0.4 is 20.5 Å². The normalized spacial score (nSPS) is 12.0. The molecule has 0 aliphatic rings. The van der Waals surface area contributed by atoms with Gasteiger partial charge in [0, 0.05) is 11.1 Å². The number of anilines is 1. The first kappa shape index (κ1) is 19.6. The largest absolute Gasteiger partial charge is 0.493 e. The van der Waals surface area contributed by atoms with Gasteiger partial charge in [0.05, 0.1) is 20.8 Å². The van der Waals surface area contributed by atoms with Crippen molar-refractivity contribution < 1.29 is 9.47 Å². The summed E-state index contributed by atoms with van der Waals surface area (Å²) in [6.45, 7) is 8.92. The van der Waals surface area contributed by atoms with E-state index in [1.165, 1.54) is 11.1 Å². The van der Waals surface area contributed by atoms with Gasteiger partial charge in [-0.15, -0.1) is 0 Å². The first-order valence-corrected chi connectivity index (χ1v) is 8.63. The lowest BCUT2D eigenvalue weighted by molar-refractivity contribution is 0.353. The summed E-state index contributed by atoms with van der Waals surface area (Å²) in [5.41, 5.74) is 10.3. The van der Waals surface area contributed by atoms with Gasteiger partial charge in [0.2, 0.25) is 0 Å². The van der Waals surface area contributed by atoms with Crippen molar-refractivity contribution in [2.24, 2.45) is 10.7 Å². The zero-order chi connectivity index (χ0) is 19.3. The number of benzene rings is 2. The number of rotatable bonds is 6. The summed E-state index contributed by atoms with van der Waals surface area (Å²) in [4.78, 5) is 4.54. The molecule has 0 heterocycles. The Morgan fingerprint density at radius 3 is 2.19 bits per heavy atom. The third kappa shape index (κ3) is 4.91. The number of nitrogens with one attached hydrogen (secondary N) is 1. The highest BCUT2D eigenvalue weighted by molar-refractivity contribution is 5.92. The number of hydrogen-bond acceptors (Lipinski definition) is 3. The maximum atomic E-state index is 6.09. The molecule has 0 spiro atoms. The van der Waals surface area contributed by atoms with Crippen molar-refractivity contribution in [1.82, 2.24) is 0 Å². The number of methoxy groups -OCH3 is 2. The van der Waals surface area contributed by atoms with E-state index in [1.54, 1.807) is 14.2 Å². The summed E-state index contributed by atoms with van der Waals surface area (Å²) in [6, 6.07) is 12.2. The lowest BCUT2D eigenvalue weighted by Crippen LogP contribution is -2.27. The maximum Gasteiger partial charge on any atom is 0.193 e. The molecule has 5 heteroatoms. The lowest BCUT2D eigenvalue weighted by Gasteiger charge is -2.24. The highest BCUT2D eigenvalue weighted by Gasteiger charge is 2.22. The highest BCUT2D eigenvalue weighted by atomic mass is 16.5. The van der Waals surface area contributed by atoms with Crippen LogP contribution in [0.2, 0.25) is 0 Å². The van der Waals surface area contributed by atoms with Crippen LogP contribution >= 0.6 is 0 Å². The predicted molar refractivity (Wildman–Crippen MR) is 109 cm³/mol. The molecule has 2 aromatic rings. The summed E-state index contributed by atoms with van der Waals surface area (Å²) in [6.07, 6.45) is 0. The van der Waals surface area contributed by atoms with Crippen LogP contribution in [0.25, 0.3) is 0 Å². The average molecular weight is 355 g/mol. The topological polar surface area (TPSA) is 68.9 Å². The van der Waals surface area contributed by atoms with Gasteiger partial charge in [-0.2, -0.15) is 0 Å². The molecule has 0 saturated carbocycles. The van der Waals surface area contributed by atoms with Crippen molar-refractivity contribution in [3.05, 3.63) is 53.1 Å². The lowest BCUT2D eigenvalue weighted by atomic mass is 9.84. The zero-order valence-electron chi connectivity index (χ0n) is 16.5. The van der Waals surface area contributed by atoms with Crippen LogP contribution in [0, 0.1) is 13.8 Å². The summed E-state index contributed by atoms with van der Waals surface area (Å²) in [5.74, 6) is 1.83. The second kappa shape index (κ2) is 8.13. The number of guanidine groups is 1. The van der Waals surface area contributed by atoms with Crippen LogP contribution in [-0.4, -0.2) is 26.7 Å². The molecular formula is C21H29N3O2. The van der Waals surface area contributed by atoms with E-state index in [4.69, 9.17) is 15.2 Å². The first-order valence-electron chi connectivity index (χ1n) is 8.63. The van der Waals surface area contributed by atoms with Crippen molar-refractivity contribution >= 4 is 11.6 Å². The molecule has 26 heavy (non-hydrogen) atoms. The second-order valence-electron chi connectivity index (χ2n) is 7.16. The Balaban J connectivity index is 2.14. The van der Waals surface area contributed by atoms with Crippen molar-refractivity contribution in [2.45, 2.75) is 33.1 Å².